The number of nitrogens with one attached hydrogen (secondary N) is 1. The van der Waals surface area contributed by atoms with Crippen molar-refractivity contribution >= 4 is 23.5 Å². The molecule has 8 nitrogen and oxygen atoms in total. The number of amides is 2. The van der Waals surface area contributed by atoms with Crippen LogP contribution in [0.2, 0.25) is 0 Å². The molecule has 1 aliphatic rings. The molecule has 0 aromatic heterocycles. The van der Waals surface area contributed by atoms with Crippen LogP contribution < -0.4 is 14.8 Å². The third-order valence-electron chi connectivity index (χ3n) is 4.50. The largest absolute Gasteiger partial charge is 0.485 e. The first-order chi connectivity index (χ1) is 14.3. The maximum absolute atomic E-state index is 12.5. The van der Waals surface area contributed by atoms with Crippen molar-refractivity contribution in [3.63, 3.8) is 0 Å². The van der Waals surface area contributed by atoms with Crippen LogP contribution >= 0.6 is 0 Å². The van der Waals surface area contributed by atoms with Gasteiger partial charge in [-0.15, -0.1) is 0 Å². The van der Waals surface area contributed by atoms with Crippen LogP contribution in [0.4, 0.5) is 5.69 Å². The molecule has 1 heterocycles. The number of carbonyl (C=O) groups excluding carboxylic acids is 3. The third-order valence-corrected chi connectivity index (χ3v) is 4.50. The Balaban J connectivity index is 1.49. The summed E-state index contributed by atoms with van der Waals surface area (Å²) in [5.74, 6) is -0.573. The summed E-state index contributed by atoms with van der Waals surface area (Å²) >= 11 is 0. The molecule has 2 aromatic carbocycles. The number of likely N-dealkylation sites (N-methyl/N-ethyl adjacent to an activating group) is 1. The van der Waals surface area contributed by atoms with Crippen molar-refractivity contribution in [3.8, 4) is 11.5 Å². The van der Waals surface area contributed by atoms with Crippen molar-refractivity contribution in [1.29, 1.82) is 0 Å². The lowest BCUT2D eigenvalue weighted by molar-refractivity contribution is -0.166. The first-order valence-electron chi connectivity index (χ1n) is 9.54. The smallest absolute Gasteiger partial charge is 0.351 e. The molecule has 0 saturated carbocycles. The highest BCUT2D eigenvalue weighted by atomic mass is 16.6. The fraction of sp³-hybridized carbons (Fsp3) is 0.318. The fourth-order valence-electron chi connectivity index (χ4n) is 2.88. The normalized spacial score (nSPS) is 15.6. The van der Waals surface area contributed by atoms with Gasteiger partial charge in [-0.3, -0.25) is 9.59 Å². The minimum atomic E-state index is -1.07. The van der Waals surface area contributed by atoms with Crippen molar-refractivity contribution in [2.45, 2.75) is 26.1 Å². The molecule has 1 aliphatic heterocycles. The molecule has 0 aliphatic carbocycles. The predicted molar refractivity (Wildman–Crippen MR) is 109 cm³/mol. The molecule has 3 rings (SSSR count). The molecule has 158 valence electrons. The van der Waals surface area contributed by atoms with E-state index < -0.39 is 24.1 Å². The Morgan fingerprint density at radius 3 is 2.50 bits per heavy atom. The monoisotopic (exact) mass is 412 g/mol. The Bertz CT molecular complexity index is 927. The first-order valence-corrected chi connectivity index (χ1v) is 9.54. The van der Waals surface area contributed by atoms with E-state index in [1.165, 1.54) is 18.9 Å². The summed E-state index contributed by atoms with van der Waals surface area (Å²) in [5.41, 5.74) is 1.72. The number of nitrogens with zero attached hydrogens (tertiary/aromatic N) is 1. The maximum atomic E-state index is 12.5. The second-order valence-corrected chi connectivity index (χ2v) is 7.05. The molecular weight excluding hydrogens is 388 g/mol. The first kappa shape index (κ1) is 21.2. The number of esters is 1. The fourth-order valence-corrected chi connectivity index (χ4v) is 2.88. The van der Waals surface area contributed by atoms with Gasteiger partial charge in [-0.25, -0.2) is 4.79 Å². The number of rotatable bonds is 6. The molecule has 2 amide bonds. The van der Waals surface area contributed by atoms with Crippen LogP contribution in [0.15, 0.2) is 48.5 Å². The number of hydrogen-bond acceptors (Lipinski definition) is 6. The van der Waals surface area contributed by atoms with E-state index in [4.69, 9.17) is 14.2 Å². The SMILES string of the molecule is Cc1ccc(NC(=O)CN(C)C(=O)[C@@H](C)OC(=O)[C@@H]2COc3ccccc3O2)cc1. The zero-order chi connectivity index (χ0) is 21.7. The number of hydrogen-bond donors (Lipinski definition) is 1. The summed E-state index contributed by atoms with van der Waals surface area (Å²) in [4.78, 5) is 38.2. The summed E-state index contributed by atoms with van der Waals surface area (Å²) < 4.78 is 16.3. The van der Waals surface area contributed by atoms with Gasteiger partial charge in [0, 0.05) is 12.7 Å². The lowest BCUT2D eigenvalue weighted by Gasteiger charge is -2.27. The van der Waals surface area contributed by atoms with Gasteiger partial charge in [-0.05, 0) is 38.1 Å². The zero-order valence-corrected chi connectivity index (χ0v) is 17.1. The van der Waals surface area contributed by atoms with E-state index in [1.54, 1.807) is 36.4 Å². The van der Waals surface area contributed by atoms with Crippen LogP contribution in [-0.2, 0) is 19.1 Å². The topological polar surface area (TPSA) is 94.2 Å². The minimum absolute atomic E-state index is 0.00838. The highest BCUT2D eigenvalue weighted by Crippen LogP contribution is 2.31. The molecule has 0 radical (unpaired) electrons. The van der Waals surface area contributed by atoms with Gasteiger partial charge < -0.3 is 24.4 Å². The Labute approximate surface area is 174 Å². The molecule has 8 heteroatoms. The lowest BCUT2D eigenvalue weighted by Crippen LogP contribution is -2.44. The third kappa shape index (κ3) is 5.28. The Morgan fingerprint density at radius 1 is 1.13 bits per heavy atom. The number of carbonyl (C=O) groups is 3. The molecule has 0 fully saturated rings. The molecule has 2 atom stereocenters. The van der Waals surface area contributed by atoms with Gasteiger partial charge in [0.2, 0.25) is 12.0 Å². The number of aryl methyl sites for hydroxylation is 1. The second kappa shape index (κ2) is 9.30. The predicted octanol–water partition coefficient (Wildman–Crippen LogP) is 2.16. The van der Waals surface area contributed by atoms with Crippen LogP contribution in [-0.4, -0.2) is 55.1 Å². The average Bonchev–Trinajstić information content (AvgIpc) is 2.74. The summed E-state index contributed by atoms with van der Waals surface area (Å²) in [6.45, 7) is 3.22. The number of fused-ring (bicyclic) bond motifs is 1. The average molecular weight is 412 g/mol. The van der Waals surface area contributed by atoms with E-state index >= 15 is 0 Å². The van der Waals surface area contributed by atoms with Crippen molar-refractivity contribution in [2.24, 2.45) is 0 Å². The Morgan fingerprint density at radius 2 is 1.80 bits per heavy atom. The van der Waals surface area contributed by atoms with Gasteiger partial charge in [0.15, 0.2) is 17.6 Å². The number of anilines is 1. The van der Waals surface area contributed by atoms with Crippen LogP contribution in [0.3, 0.4) is 0 Å². The quantitative estimate of drug-likeness (QED) is 0.731. The lowest BCUT2D eigenvalue weighted by atomic mass is 10.2. The van der Waals surface area contributed by atoms with E-state index in [0.29, 0.717) is 17.2 Å². The highest BCUT2D eigenvalue weighted by molar-refractivity contribution is 5.95. The van der Waals surface area contributed by atoms with Gasteiger partial charge in [0.1, 0.15) is 6.61 Å². The number of para-hydroxylation sites is 2. The van der Waals surface area contributed by atoms with Crippen LogP contribution in [0.5, 0.6) is 11.5 Å². The van der Waals surface area contributed by atoms with E-state index in [-0.39, 0.29) is 19.1 Å². The van der Waals surface area contributed by atoms with Gasteiger partial charge in [0.25, 0.3) is 5.91 Å². The van der Waals surface area contributed by atoms with Gasteiger partial charge >= 0.3 is 5.97 Å². The van der Waals surface area contributed by atoms with Gasteiger partial charge in [-0.1, -0.05) is 29.8 Å². The van der Waals surface area contributed by atoms with Crippen LogP contribution in [0, 0.1) is 6.92 Å². The van der Waals surface area contributed by atoms with E-state index in [1.807, 2.05) is 19.1 Å². The molecule has 0 saturated heterocycles. The van der Waals surface area contributed by atoms with Crippen molar-refractivity contribution in [1.82, 2.24) is 4.90 Å². The summed E-state index contributed by atoms with van der Waals surface area (Å²) in [6, 6.07) is 14.3. The molecule has 1 N–H and O–H groups in total. The number of benzene rings is 2. The molecular formula is C22H24N2O6. The van der Waals surface area contributed by atoms with E-state index in [0.717, 1.165) is 5.56 Å². The van der Waals surface area contributed by atoms with Gasteiger partial charge in [0.05, 0.1) is 6.54 Å². The number of ether oxygens (including phenoxy) is 3. The summed E-state index contributed by atoms with van der Waals surface area (Å²) in [7, 11) is 1.47. The Hall–Kier alpha value is -3.55. The minimum Gasteiger partial charge on any atom is -0.485 e. The van der Waals surface area contributed by atoms with Crippen molar-refractivity contribution in [3.05, 3.63) is 54.1 Å². The Kier molecular flexibility index (Phi) is 6.56. The van der Waals surface area contributed by atoms with Crippen molar-refractivity contribution < 1.29 is 28.6 Å². The van der Waals surface area contributed by atoms with E-state index in [9.17, 15) is 14.4 Å². The summed E-state index contributed by atoms with van der Waals surface area (Å²) in [5, 5.41) is 2.72. The second-order valence-electron chi connectivity index (χ2n) is 7.05. The van der Waals surface area contributed by atoms with Crippen LogP contribution in [0.25, 0.3) is 0 Å². The van der Waals surface area contributed by atoms with Crippen LogP contribution in [0.1, 0.15) is 12.5 Å². The van der Waals surface area contributed by atoms with Crippen molar-refractivity contribution in [2.75, 3.05) is 25.5 Å². The molecule has 30 heavy (non-hydrogen) atoms. The van der Waals surface area contributed by atoms with Gasteiger partial charge in [-0.2, -0.15) is 0 Å². The standard InChI is InChI=1S/C22H24N2O6/c1-14-8-10-16(11-9-14)23-20(25)12-24(3)21(26)15(2)29-22(27)19-13-28-17-6-4-5-7-18(17)30-19/h4-11,15,19H,12-13H2,1-3H3,(H,23,25)/t15-,19+/m1/s1. The molecule has 0 spiro atoms. The molecule has 2 aromatic rings. The maximum Gasteiger partial charge on any atom is 0.351 e. The summed E-state index contributed by atoms with van der Waals surface area (Å²) in [6.07, 6.45) is -2.04. The molecule has 0 unspecified atom stereocenters. The molecule has 0 bridgehead atoms. The zero-order valence-electron chi connectivity index (χ0n) is 17.1. The highest BCUT2D eigenvalue weighted by Gasteiger charge is 2.32. The van der Waals surface area contributed by atoms with E-state index in [2.05, 4.69) is 5.32 Å².